The van der Waals surface area contributed by atoms with Crippen LogP contribution >= 0.6 is 11.3 Å². The van der Waals surface area contributed by atoms with Crippen LogP contribution < -0.4 is 5.32 Å². The summed E-state index contributed by atoms with van der Waals surface area (Å²) in [7, 11) is 0. The lowest BCUT2D eigenvalue weighted by Crippen LogP contribution is -2.63. The second-order valence-corrected chi connectivity index (χ2v) is 8.49. The van der Waals surface area contributed by atoms with Gasteiger partial charge in [-0.3, -0.25) is 4.90 Å². The lowest BCUT2D eigenvalue weighted by atomic mass is 9.89. The summed E-state index contributed by atoms with van der Waals surface area (Å²) in [6.45, 7) is 16.2. The summed E-state index contributed by atoms with van der Waals surface area (Å²) in [6.07, 6.45) is 3.18. The highest BCUT2D eigenvalue weighted by molar-refractivity contribution is 7.09. The van der Waals surface area contributed by atoms with Gasteiger partial charge in [0.05, 0.1) is 5.54 Å². The molecule has 21 heavy (non-hydrogen) atoms. The smallest absolute Gasteiger partial charge is 0.112 e. The van der Waals surface area contributed by atoms with Gasteiger partial charge >= 0.3 is 0 Å². The van der Waals surface area contributed by atoms with Crippen molar-refractivity contribution < 1.29 is 0 Å². The molecule has 1 fully saturated rings. The zero-order chi connectivity index (χ0) is 15.6. The Bertz CT molecular complexity index is 425. The summed E-state index contributed by atoms with van der Waals surface area (Å²) >= 11 is 1.78. The van der Waals surface area contributed by atoms with Crippen LogP contribution in [-0.4, -0.2) is 35.1 Å². The summed E-state index contributed by atoms with van der Waals surface area (Å²) in [5.74, 6) is 1.39. The molecule has 0 bridgehead atoms. The van der Waals surface area contributed by atoms with Gasteiger partial charge in [0, 0.05) is 36.8 Å². The molecule has 1 N–H and O–H groups in total. The van der Waals surface area contributed by atoms with E-state index in [0.717, 1.165) is 19.0 Å². The van der Waals surface area contributed by atoms with Crippen molar-refractivity contribution in [2.24, 2.45) is 11.8 Å². The quantitative estimate of drug-likeness (QED) is 0.898. The van der Waals surface area contributed by atoms with Gasteiger partial charge in [-0.15, -0.1) is 11.3 Å². The van der Waals surface area contributed by atoms with Crippen LogP contribution in [0.25, 0.3) is 0 Å². The minimum Gasteiger partial charge on any atom is -0.311 e. The first-order chi connectivity index (χ1) is 9.82. The van der Waals surface area contributed by atoms with Gasteiger partial charge in [0.2, 0.25) is 0 Å². The Morgan fingerprint density at radius 2 is 2.10 bits per heavy atom. The van der Waals surface area contributed by atoms with Crippen LogP contribution in [0.4, 0.5) is 0 Å². The maximum atomic E-state index is 4.60. The van der Waals surface area contributed by atoms with Crippen molar-refractivity contribution in [3.8, 4) is 0 Å². The first kappa shape index (κ1) is 16.9. The average molecular weight is 310 g/mol. The maximum absolute atomic E-state index is 4.60. The molecule has 3 nitrogen and oxygen atoms in total. The van der Waals surface area contributed by atoms with Gasteiger partial charge in [-0.2, -0.15) is 0 Å². The van der Waals surface area contributed by atoms with E-state index in [9.17, 15) is 0 Å². The topological polar surface area (TPSA) is 28.2 Å². The molecule has 1 aromatic heterocycles. The molecule has 2 atom stereocenters. The van der Waals surface area contributed by atoms with Crippen molar-refractivity contribution in [3.05, 3.63) is 16.6 Å². The Balaban J connectivity index is 2.21. The van der Waals surface area contributed by atoms with Crippen molar-refractivity contribution in [1.29, 1.82) is 0 Å². The molecule has 2 rings (SSSR count). The Kier molecular flexibility index (Phi) is 5.44. The second-order valence-electron chi connectivity index (χ2n) is 7.59. The molecular formula is C17H31N3S. The van der Waals surface area contributed by atoms with Crippen molar-refractivity contribution >= 4 is 11.3 Å². The predicted molar refractivity (Wildman–Crippen MR) is 91.7 cm³/mol. The molecule has 1 saturated heterocycles. The van der Waals surface area contributed by atoms with Gasteiger partial charge in [-0.05, 0) is 32.1 Å². The molecule has 1 aliphatic heterocycles. The van der Waals surface area contributed by atoms with E-state index in [1.165, 1.54) is 11.4 Å². The van der Waals surface area contributed by atoms with Gasteiger partial charge in [-0.1, -0.05) is 27.7 Å². The molecular weight excluding hydrogens is 278 g/mol. The number of hydrogen-bond donors (Lipinski definition) is 1. The molecule has 2 heterocycles. The molecule has 4 heteroatoms. The Hall–Kier alpha value is -0.450. The standard InChI is InChI=1S/C17H31N3S/c1-12(2)9-14-11-20(15(10-19-14)13(3)4)17(5,6)16-18-7-8-21-16/h7-8,12-15,19H,9-11H2,1-6H3. The molecule has 120 valence electrons. The van der Waals surface area contributed by atoms with Crippen molar-refractivity contribution in [1.82, 2.24) is 15.2 Å². The number of nitrogens with one attached hydrogen (secondary N) is 1. The van der Waals surface area contributed by atoms with Crippen LogP contribution in [0.15, 0.2) is 11.6 Å². The fourth-order valence-corrected chi connectivity index (χ4v) is 4.23. The highest BCUT2D eigenvalue weighted by Crippen LogP contribution is 2.34. The highest BCUT2D eigenvalue weighted by Gasteiger charge is 2.40. The fraction of sp³-hybridized carbons (Fsp3) is 0.824. The van der Waals surface area contributed by atoms with E-state index in [2.05, 4.69) is 62.1 Å². The molecule has 0 saturated carbocycles. The Labute approximate surface area is 134 Å². The summed E-state index contributed by atoms with van der Waals surface area (Å²) < 4.78 is 0. The van der Waals surface area contributed by atoms with Gasteiger partial charge < -0.3 is 5.32 Å². The molecule has 0 aliphatic carbocycles. The summed E-state index contributed by atoms with van der Waals surface area (Å²) in [5, 5.41) is 7.10. The molecule has 1 aromatic rings. The zero-order valence-electron chi connectivity index (χ0n) is 14.4. The average Bonchev–Trinajstić information content (AvgIpc) is 2.92. The van der Waals surface area contributed by atoms with E-state index >= 15 is 0 Å². The third kappa shape index (κ3) is 3.85. The van der Waals surface area contributed by atoms with Gasteiger partial charge in [0.1, 0.15) is 5.01 Å². The summed E-state index contributed by atoms with van der Waals surface area (Å²) in [6, 6.07) is 1.17. The predicted octanol–water partition coefficient (Wildman–Crippen LogP) is 3.72. The number of nitrogens with zero attached hydrogens (tertiary/aromatic N) is 2. The molecule has 0 aromatic carbocycles. The van der Waals surface area contributed by atoms with Crippen LogP contribution in [0.2, 0.25) is 0 Å². The molecule has 0 radical (unpaired) electrons. The minimum atomic E-state index is 0.0143. The van der Waals surface area contributed by atoms with Crippen LogP contribution in [0.1, 0.15) is 53.0 Å². The number of aromatic nitrogens is 1. The van der Waals surface area contributed by atoms with Crippen LogP contribution in [-0.2, 0) is 5.54 Å². The number of piperazine rings is 1. The summed E-state index contributed by atoms with van der Waals surface area (Å²) in [5.41, 5.74) is 0.0143. The van der Waals surface area contributed by atoms with E-state index in [0.29, 0.717) is 18.0 Å². The molecule has 0 amide bonds. The van der Waals surface area contributed by atoms with Crippen LogP contribution in [0, 0.1) is 11.8 Å². The van der Waals surface area contributed by atoms with Crippen LogP contribution in [0.5, 0.6) is 0 Å². The zero-order valence-corrected chi connectivity index (χ0v) is 15.2. The minimum absolute atomic E-state index is 0.0143. The SMILES string of the molecule is CC(C)CC1CN(C(C)(C)c2nccs2)C(C(C)C)CN1. The van der Waals surface area contributed by atoms with Gasteiger partial charge in [0.25, 0.3) is 0 Å². The highest BCUT2D eigenvalue weighted by atomic mass is 32.1. The van der Waals surface area contributed by atoms with E-state index in [1.54, 1.807) is 11.3 Å². The van der Waals surface area contributed by atoms with E-state index in [1.807, 2.05) is 6.20 Å². The number of rotatable bonds is 5. The molecule has 1 aliphatic rings. The fourth-order valence-electron chi connectivity index (χ4n) is 3.45. The lowest BCUT2D eigenvalue weighted by Gasteiger charge is -2.50. The maximum Gasteiger partial charge on any atom is 0.112 e. The monoisotopic (exact) mass is 309 g/mol. The van der Waals surface area contributed by atoms with E-state index in [-0.39, 0.29) is 5.54 Å². The largest absolute Gasteiger partial charge is 0.311 e. The van der Waals surface area contributed by atoms with Crippen LogP contribution in [0.3, 0.4) is 0 Å². The number of hydrogen-bond acceptors (Lipinski definition) is 4. The van der Waals surface area contributed by atoms with Gasteiger partial charge in [0.15, 0.2) is 0 Å². The van der Waals surface area contributed by atoms with E-state index < -0.39 is 0 Å². The van der Waals surface area contributed by atoms with E-state index in [4.69, 9.17) is 0 Å². The normalized spacial score (nSPS) is 25.0. The third-order valence-electron chi connectivity index (χ3n) is 4.63. The third-order valence-corrected chi connectivity index (χ3v) is 5.72. The van der Waals surface area contributed by atoms with Crippen molar-refractivity contribution in [2.45, 2.75) is 65.6 Å². The van der Waals surface area contributed by atoms with Crippen molar-refractivity contribution in [3.63, 3.8) is 0 Å². The Morgan fingerprint density at radius 1 is 1.38 bits per heavy atom. The van der Waals surface area contributed by atoms with Crippen molar-refractivity contribution in [2.75, 3.05) is 13.1 Å². The molecule has 2 unspecified atom stereocenters. The van der Waals surface area contributed by atoms with Gasteiger partial charge in [-0.25, -0.2) is 4.98 Å². The molecule has 0 spiro atoms. The first-order valence-electron chi connectivity index (χ1n) is 8.22. The second kappa shape index (κ2) is 6.76. The Morgan fingerprint density at radius 3 is 2.62 bits per heavy atom. The summed E-state index contributed by atoms with van der Waals surface area (Å²) in [4.78, 5) is 7.29. The number of thiazole rings is 1. The first-order valence-corrected chi connectivity index (χ1v) is 9.10. The lowest BCUT2D eigenvalue weighted by molar-refractivity contribution is 0.00416.